The SMILES string of the molecule is Cc1cc(C)cc(C(=O)N(N)C(C)(C)CO[Si](C)(C)C(C)(C)C)c1. The molecule has 2 N–H and O–H groups in total. The van der Waals surface area contributed by atoms with Crippen molar-refractivity contribution in [2.75, 3.05) is 6.61 Å². The predicted molar refractivity (Wildman–Crippen MR) is 104 cm³/mol. The lowest BCUT2D eigenvalue weighted by atomic mass is 10.0. The third-order valence-corrected chi connectivity index (χ3v) is 9.41. The van der Waals surface area contributed by atoms with Gasteiger partial charge in [-0.25, -0.2) is 5.84 Å². The Hall–Kier alpha value is -1.17. The third-order valence-electron chi connectivity index (χ3n) is 4.93. The lowest BCUT2D eigenvalue weighted by molar-refractivity contribution is 0.0389. The largest absolute Gasteiger partial charge is 0.414 e. The summed E-state index contributed by atoms with van der Waals surface area (Å²) >= 11 is 0. The highest BCUT2D eigenvalue weighted by Crippen LogP contribution is 2.37. The molecule has 0 unspecified atom stereocenters. The second kappa shape index (κ2) is 6.98. The van der Waals surface area contributed by atoms with Crippen LogP contribution in [-0.4, -0.2) is 31.4 Å². The molecule has 0 aliphatic heterocycles. The highest BCUT2D eigenvalue weighted by Gasteiger charge is 2.40. The molecule has 0 radical (unpaired) electrons. The van der Waals surface area contributed by atoms with Crippen LogP contribution >= 0.6 is 0 Å². The molecule has 1 amide bonds. The summed E-state index contributed by atoms with van der Waals surface area (Å²) in [6, 6.07) is 5.79. The van der Waals surface area contributed by atoms with Gasteiger partial charge in [0.1, 0.15) is 0 Å². The third kappa shape index (κ3) is 4.91. The van der Waals surface area contributed by atoms with Crippen LogP contribution in [0.3, 0.4) is 0 Å². The molecule has 0 fully saturated rings. The van der Waals surface area contributed by atoms with Gasteiger partial charge < -0.3 is 4.43 Å². The van der Waals surface area contributed by atoms with Gasteiger partial charge in [0.2, 0.25) is 0 Å². The van der Waals surface area contributed by atoms with Gasteiger partial charge in [-0.2, -0.15) is 0 Å². The van der Waals surface area contributed by atoms with Gasteiger partial charge in [0.05, 0.1) is 12.1 Å². The Morgan fingerprint density at radius 1 is 1.08 bits per heavy atom. The Morgan fingerprint density at radius 3 is 1.96 bits per heavy atom. The molecule has 0 saturated carbocycles. The molecule has 5 heteroatoms. The molecule has 1 aromatic rings. The van der Waals surface area contributed by atoms with Gasteiger partial charge in [-0.3, -0.25) is 9.80 Å². The summed E-state index contributed by atoms with van der Waals surface area (Å²) in [5, 5.41) is 1.44. The smallest absolute Gasteiger partial charge is 0.268 e. The van der Waals surface area contributed by atoms with E-state index in [1.165, 1.54) is 5.01 Å². The maximum absolute atomic E-state index is 12.8. The molecular formula is C19H34N2O2Si. The molecule has 0 aliphatic carbocycles. The number of hydrogen-bond donors (Lipinski definition) is 1. The van der Waals surface area contributed by atoms with Crippen molar-refractivity contribution in [2.24, 2.45) is 5.84 Å². The topological polar surface area (TPSA) is 55.6 Å². The minimum Gasteiger partial charge on any atom is -0.414 e. The number of benzene rings is 1. The summed E-state index contributed by atoms with van der Waals surface area (Å²) in [7, 11) is -1.89. The van der Waals surface area contributed by atoms with Crippen LogP contribution in [-0.2, 0) is 4.43 Å². The number of nitrogens with two attached hydrogens (primary N) is 1. The van der Waals surface area contributed by atoms with Crippen LogP contribution in [0.5, 0.6) is 0 Å². The Morgan fingerprint density at radius 2 is 1.54 bits per heavy atom. The van der Waals surface area contributed by atoms with Gasteiger partial charge >= 0.3 is 0 Å². The van der Waals surface area contributed by atoms with Gasteiger partial charge in [0.25, 0.3) is 5.91 Å². The molecule has 136 valence electrons. The summed E-state index contributed by atoms with van der Waals surface area (Å²) in [4.78, 5) is 12.8. The van der Waals surface area contributed by atoms with Gasteiger partial charge in [0, 0.05) is 5.56 Å². The van der Waals surface area contributed by atoms with Crippen LogP contribution in [0.2, 0.25) is 18.1 Å². The van der Waals surface area contributed by atoms with E-state index in [9.17, 15) is 4.79 Å². The van der Waals surface area contributed by atoms with Gasteiger partial charge in [-0.1, -0.05) is 38.0 Å². The molecule has 0 spiro atoms. The predicted octanol–water partition coefficient (Wildman–Crippen LogP) is 4.42. The molecule has 0 atom stereocenters. The molecule has 0 aromatic heterocycles. The summed E-state index contributed by atoms with van der Waals surface area (Å²) in [5.41, 5.74) is 2.16. The van der Waals surface area contributed by atoms with Crippen molar-refractivity contribution in [1.29, 1.82) is 0 Å². The lowest BCUT2D eigenvalue weighted by Crippen LogP contribution is -2.57. The molecule has 0 bridgehead atoms. The van der Waals surface area contributed by atoms with Gasteiger partial charge in [-0.05, 0) is 58.0 Å². The molecular weight excluding hydrogens is 316 g/mol. The van der Waals surface area contributed by atoms with Gasteiger partial charge in [0.15, 0.2) is 8.32 Å². The van der Waals surface area contributed by atoms with Crippen molar-refractivity contribution in [3.8, 4) is 0 Å². The zero-order valence-electron chi connectivity index (χ0n) is 16.8. The number of nitrogens with zero attached hydrogens (tertiary/aromatic N) is 1. The second-order valence-electron chi connectivity index (χ2n) is 8.91. The Bertz CT molecular complexity index is 584. The first-order chi connectivity index (χ1) is 10.7. The molecule has 1 aromatic carbocycles. The Balaban J connectivity index is 2.91. The van der Waals surface area contributed by atoms with Crippen molar-refractivity contribution in [3.63, 3.8) is 0 Å². The minimum absolute atomic E-state index is 0.125. The first-order valence-corrected chi connectivity index (χ1v) is 11.4. The normalized spacial score (nSPS) is 13.1. The quantitative estimate of drug-likeness (QED) is 0.370. The van der Waals surface area contributed by atoms with Crippen molar-refractivity contribution in [2.45, 2.75) is 72.1 Å². The minimum atomic E-state index is -1.89. The summed E-state index contributed by atoms with van der Waals surface area (Å²) < 4.78 is 6.28. The van der Waals surface area contributed by atoms with Crippen LogP contribution < -0.4 is 5.84 Å². The maximum Gasteiger partial charge on any atom is 0.268 e. The van der Waals surface area contributed by atoms with E-state index in [1.54, 1.807) is 0 Å². The van der Waals surface area contributed by atoms with Crippen molar-refractivity contribution >= 4 is 14.2 Å². The van der Waals surface area contributed by atoms with Crippen molar-refractivity contribution < 1.29 is 9.22 Å². The fraction of sp³-hybridized carbons (Fsp3) is 0.632. The number of hydrogen-bond acceptors (Lipinski definition) is 3. The van der Waals surface area contributed by atoms with E-state index >= 15 is 0 Å². The van der Waals surface area contributed by atoms with Crippen LogP contribution in [0.25, 0.3) is 0 Å². The molecule has 24 heavy (non-hydrogen) atoms. The van der Waals surface area contributed by atoms with Crippen LogP contribution in [0.4, 0.5) is 0 Å². The first kappa shape index (κ1) is 20.9. The summed E-state index contributed by atoms with van der Waals surface area (Å²) in [5.74, 6) is 6.01. The van der Waals surface area contributed by atoms with Crippen molar-refractivity contribution in [1.82, 2.24) is 5.01 Å². The highest BCUT2D eigenvalue weighted by atomic mass is 28.4. The fourth-order valence-corrected chi connectivity index (χ4v) is 3.30. The number of amides is 1. The Labute approximate surface area is 148 Å². The average Bonchev–Trinajstić information content (AvgIpc) is 2.41. The number of carbonyl (C=O) groups excluding carboxylic acids is 1. The van der Waals surface area contributed by atoms with E-state index in [0.29, 0.717) is 12.2 Å². The fourth-order valence-electron chi connectivity index (χ4n) is 2.16. The maximum atomic E-state index is 12.8. The molecule has 0 saturated heterocycles. The number of carbonyl (C=O) groups is 1. The average molecular weight is 351 g/mol. The lowest BCUT2D eigenvalue weighted by Gasteiger charge is -2.41. The highest BCUT2D eigenvalue weighted by molar-refractivity contribution is 6.74. The zero-order chi connectivity index (χ0) is 18.9. The van der Waals surface area contributed by atoms with E-state index in [0.717, 1.165) is 11.1 Å². The number of hydrazine groups is 1. The molecule has 0 heterocycles. The summed E-state index contributed by atoms with van der Waals surface area (Å²) in [6.45, 7) is 19.3. The van der Waals surface area contributed by atoms with E-state index in [-0.39, 0.29) is 10.9 Å². The number of rotatable bonds is 5. The molecule has 4 nitrogen and oxygen atoms in total. The zero-order valence-corrected chi connectivity index (χ0v) is 17.8. The molecule has 1 rings (SSSR count). The van der Waals surface area contributed by atoms with E-state index in [4.69, 9.17) is 10.3 Å². The monoisotopic (exact) mass is 350 g/mol. The molecule has 0 aliphatic rings. The first-order valence-electron chi connectivity index (χ1n) is 8.49. The van der Waals surface area contributed by atoms with E-state index < -0.39 is 13.9 Å². The second-order valence-corrected chi connectivity index (χ2v) is 13.7. The summed E-state index contributed by atoms with van der Waals surface area (Å²) in [6.07, 6.45) is 0. The van der Waals surface area contributed by atoms with Crippen LogP contribution in [0, 0.1) is 13.8 Å². The Kier molecular flexibility index (Phi) is 6.07. The standard InChI is InChI=1S/C19H34N2O2Si/c1-14-10-15(2)12-16(11-14)17(22)21(20)19(6,7)13-23-24(8,9)18(3,4)5/h10-12H,13,20H2,1-9H3. The van der Waals surface area contributed by atoms with Crippen LogP contribution in [0.1, 0.15) is 56.1 Å². The number of aryl methyl sites for hydroxylation is 2. The van der Waals surface area contributed by atoms with Crippen LogP contribution in [0.15, 0.2) is 18.2 Å². The van der Waals surface area contributed by atoms with Gasteiger partial charge in [-0.15, -0.1) is 0 Å². The van der Waals surface area contributed by atoms with E-state index in [1.807, 2.05) is 45.9 Å². The van der Waals surface area contributed by atoms with E-state index in [2.05, 4.69) is 33.9 Å². The van der Waals surface area contributed by atoms with Crippen molar-refractivity contribution in [3.05, 3.63) is 34.9 Å².